The molecule has 0 bridgehead atoms. The van der Waals surface area contributed by atoms with Crippen LogP contribution in [-0.2, 0) is 18.7 Å². The Bertz CT molecular complexity index is 425. The fourth-order valence-corrected chi connectivity index (χ4v) is 3.60. The lowest BCUT2D eigenvalue weighted by Crippen LogP contribution is -2.47. The summed E-state index contributed by atoms with van der Waals surface area (Å²) in [6.45, 7) is 11.6. The number of aliphatic hydroxyl groups is 1. The molecule has 1 rings (SSSR count). The number of Topliss-reactive ketones (excluding diaryl/α,β-unsaturated/α-hetero) is 1. The van der Waals surface area contributed by atoms with Gasteiger partial charge in [-0.15, -0.1) is 0 Å². The first-order valence-electron chi connectivity index (χ1n) is 8.22. The van der Waals surface area contributed by atoms with E-state index in [1.807, 2.05) is 6.08 Å². The maximum Gasteiger partial charge on any atom is 0.192 e. The van der Waals surface area contributed by atoms with E-state index in [0.29, 0.717) is 19.4 Å². The summed E-state index contributed by atoms with van der Waals surface area (Å²) in [5.74, 6) is 0.0639. The molecule has 0 saturated heterocycles. The largest absolute Gasteiger partial charge is 0.410 e. The zero-order valence-electron chi connectivity index (χ0n) is 15.3. The summed E-state index contributed by atoms with van der Waals surface area (Å²) >= 11 is 0. The fraction of sp³-hybridized carbons (Fsp3) is 0.824. The topological polar surface area (TPSA) is 65.0 Å². The maximum atomic E-state index is 11.9. The van der Waals surface area contributed by atoms with Gasteiger partial charge in [-0.3, -0.25) is 4.79 Å². The van der Waals surface area contributed by atoms with Gasteiger partial charge in [-0.2, -0.15) is 0 Å². The molecule has 0 aromatic carbocycles. The summed E-state index contributed by atoms with van der Waals surface area (Å²) in [6, 6.07) is 0. The predicted octanol–water partition coefficient (Wildman–Crippen LogP) is 3.04. The zero-order valence-corrected chi connectivity index (χ0v) is 16.3. The number of hydrogen-bond donors (Lipinski definition) is 1. The lowest BCUT2D eigenvalue weighted by atomic mass is 9.88. The van der Waals surface area contributed by atoms with Crippen molar-refractivity contribution in [3.63, 3.8) is 0 Å². The van der Waals surface area contributed by atoms with Crippen LogP contribution in [0.1, 0.15) is 40.0 Å². The number of carbonyl (C=O) groups excluding carboxylic acids is 1. The van der Waals surface area contributed by atoms with Gasteiger partial charge in [0.15, 0.2) is 8.32 Å². The molecule has 1 aliphatic rings. The van der Waals surface area contributed by atoms with Gasteiger partial charge in [-0.25, -0.2) is 0 Å². The Hall–Kier alpha value is -0.533. The normalized spacial score (nSPS) is 25.2. The van der Waals surface area contributed by atoms with Crippen molar-refractivity contribution >= 4 is 14.1 Å². The molecule has 5 nitrogen and oxygen atoms in total. The maximum absolute atomic E-state index is 11.9. The Balaban J connectivity index is 2.81. The number of aliphatic hydroxyl groups excluding tert-OH is 1. The van der Waals surface area contributed by atoms with Crippen molar-refractivity contribution in [2.75, 3.05) is 20.5 Å². The van der Waals surface area contributed by atoms with Gasteiger partial charge in [0.05, 0.1) is 18.8 Å². The van der Waals surface area contributed by atoms with Crippen molar-refractivity contribution in [2.45, 2.75) is 70.4 Å². The van der Waals surface area contributed by atoms with Crippen molar-refractivity contribution < 1.29 is 23.8 Å². The number of ketones is 1. The summed E-state index contributed by atoms with van der Waals surface area (Å²) in [5, 5.41) is 10.4. The molecule has 1 saturated carbocycles. The fourth-order valence-electron chi connectivity index (χ4n) is 2.32. The average molecular weight is 345 g/mol. The van der Waals surface area contributed by atoms with Crippen molar-refractivity contribution in [3.8, 4) is 0 Å². The number of carbonyl (C=O) groups is 1. The van der Waals surface area contributed by atoms with Crippen molar-refractivity contribution in [3.05, 3.63) is 11.6 Å². The van der Waals surface area contributed by atoms with Crippen LogP contribution in [0.2, 0.25) is 18.1 Å². The number of methoxy groups -OCH3 is 1. The predicted molar refractivity (Wildman–Crippen MR) is 92.8 cm³/mol. The Morgan fingerprint density at radius 2 is 1.96 bits per heavy atom. The van der Waals surface area contributed by atoms with Crippen LogP contribution < -0.4 is 0 Å². The average Bonchev–Trinajstić information content (AvgIpc) is 2.39. The first kappa shape index (κ1) is 20.5. The van der Waals surface area contributed by atoms with E-state index in [4.69, 9.17) is 13.9 Å². The van der Waals surface area contributed by atoms with Gasteiger partial charge in [-0.1, -0.05) is 26.8 Å². The zero-order chi connectivity index (χ0) is 17.7. The van der Waals surface area contributed by atoms with Gasteiger partial charge in [-0.05, 0) is 30.1 Å². The number of hydrogen-bond acceptors (Lipinski definition) is 5. The molecule has 2 atom stereocenters. The Morgan fingerprint density at radius 1 is 1.30 bits per heavy atom. The molecular formula is C17H32O5Si. The van der Waals surface area contributed by atoms with E-state index in [-0.39, 0.29) is 30.1 Å². The second kappa shape index (κ2) is 8.53. The minimum atomic E-state index is -2.01. The summed E-state index contributed by atoms with van der Waals surface area (Å²) in [5.41, 5.74) is 0.829. The highest BCUT2D eigenvalue weighted by atomic mass is 28.4. The third-order valence-corrected chi connectivity index (χ3v) is 9.16. The second-order valence-corrected chi connectivity index (χ2v) is 12.4. The van der Waals surface area contributed by atoms with Gasteiger partial charge in [0.1, 0.15) is 12.6 Å². The lowest BCUT2D eigenvalue weighted by Gasteiger charge is -2.41. The first-order chi connectivity index (χ1) is 10.6. The molecule has 0 aromatic heterocycles. The molecule has 0 amide bonds. The molecule has 0 spiro atoms. The first-order valence-corrected chi connectivity index (χ1v) is 11.1. The SMILES string of the molecule is COCOCCC=C1[C@H](O)CC(=O)C[C@H]1O[Si](C)(C)C(C)(C)C. The van der Waals surface area contributed by atoms with Crippen LogP contribution in [0.5, 0.6) is 0 Å². The quantitative estimate of drug-likeness (QED) is 0.333. The van der Waals surface area contributed by atoms with Crippen LogP contribution in [0, 0.1) is 0 Å². The minimum Gasteiger partial charge on any atom is -0.410 e. The van der Waals surface area contributed by atoms with Gasteiger partial charge >= 0.3 is 0 Å². The molecule has 0 unspecified atom stereocenters. The molecule has 6 heteroatoms. The van der Waals surface area contributed by atoms with Crippen molar-refractivity contribution in [1.29, 1.82) is 0 Å². The van der Waals surface area contributed by atoms with Gasteiger partial charge in [0.25, 0.3) is 0 Å². The minimum absolute atomic E-state index is 0.0606. The van der Waals surface area contributed by atoms with E-state index in [1.54, 1.807) is 7.11 Å². The Kier molecular flexibility index (Phi) is 7.61. The third kappa shape index (κ3) is 6.12. The summed E-state index contributed by atoms with van der Waals surface area (Å²) < 4.78 is 16.5. The number of rotatable bonds is 7. The van der Waals surface area contributed by atoms with Gasteiger partial charge < -0.3 is 19.0 Å². The van der Waals surface area contributed by atoms with E-state index >= 15 is 0 Å². The smallest absolute Gasteiger partial charge is 0.192 e. The van der Waals surface area contributed by atoms with Crippen LogP contribution in [-0.4, -0.2) is 51.9 Å². The number of ether oxygens (including phenoxy) is 2. The third-order valence-electron chi connectivity index (χ3n) is 4.68. The second-order valence-electron chi connectivity index (χ2n) is 7.64. The summed E-state index contributed by atoms with van der Waals surface area (Å²) in [6.07, 6.45) is 2.12. The Morgan fingerprint density at radius 3 is 2.52 bits per heavy atom. The molecule has 1 N–H and O–H groups in total. The molecule has 23 heavy (non-hydrogen) atoms. The Labute approximate surface area is 141 Å². The van der Waals surface area contributed by atoms with E-state index in [9.17, 15) is 9.90 Å². The highest BCUT2D eigenvalue weighted by Crippen LogP contribution is 2.39. The van der Waals surface area contributed by atoms with E-state index < -0.39 is 14.4 Å². The monoisotopic (exact) mass is 344 g/mol. The van der Waals surface area contributed by atoms with E-state index in [2.05, 4.69) is 33.9 Å². The molecule has 134 valence electrons. The highest BCUT2D eigenvalue weighted by Gasteiger charge is 2.42. The standard InChI is InChI=1S/C17H32O5Si/c1-17(2,3)23(5,6)22-16-11-13(18)10-15(19)14(16)8-7-9-21-12-20-4/h8,15-16,19H,7,9-12H2,1-6H3/t15-,16-/m1/s1. The van der Waals surface area contributed by atoms with Crippen LogP contribution in [0.3, 0.4) is 0 Å². The molecule has 0 aromatic rings. The van der Waals surface area contributed by atoms with Crippen LogP contribution in [0.15, 0.2) is 11.6 Å². The van der Waals surface area contributed by atoms with Crippen LogP contribution in [0.25, 0.3) is 0 Å². The van der Waals surface area contributed by atoms with E-state index in [0.717, 1.165) is 5.57 Å². The molecule has 1 fully saturated rings. The molecule has 1 aliphatic carbocycles. The summed E-state index contributed by atoms with van der Waals surface area (Å²) in [7, 11) is -0.428. The molecule has 0 radical (unpaired) electrons. The van der Waals surface area contributed by atoms with Gasteiger partial charge in [0, 0.05) is 20.0 Å². The van der Waals surface area contributed by atoms with E-state index in [1.165, 1.54) is 0 Å². The molecular weight excluding hydrogens is 312 g/mol. The highest BCUT2D eigenvalue weighted by molar-refractivity contribution is 6.74. The van der Waals surface area contributed by atoms with Crippen molar-refractivity contribution in [2.24, 2.45) is 0 Å². The lowest BCUT2D eigenvalue weighted by molar-refractivity contribution is -0.123. The van der Waals surface area contributed by atoms with Crippen LogP contribution in [0.4, 0.5) is 0 Å². The van der Waals surface area contributed by atoms with Gasteiger partial charge in [0.2, 0.25) is 0 Å². The van der Waals surface area contributed by atoms with Crippen molar-refractivity contribution in [1.82, 2.24) is 0 Å². The van der Waals surface area contributed by atoms with Crippen LogP contribution >= 0.6 is 0 Å². The molecule has 0 aliphatic heterocycles. The molecule has 0 heterocycles. The summed E-state index contributed by atoms with van der Waals surface area (Å²) in [4.78, 5) is 11.9.